The van der Waals surface area contributed by atoms with E-state index in [9.17, 15) is 0 Å². The van der Waals surface area contributed by atoms with Gasteiger partial charge >= 0.3 is 0 Å². The van der Waals surface area contributed by atoms with E-state index in [4.69, 9.17) is 4.52 Å². The first kappa shape index (κ1) is 15.5. The van der Waals surface area contributed by atoms with Crippen LogP contribution in [0.3, 0.4) is 0 Å². The molecule has 23 heavy (non-hydrogen) atoms. The fourth-order valence-electron chi connectivity index (χ4n) is 1.93. The Balaban J connectivity index is 1.70. The van der Waals surface area contributed by atoms with Crippen molar-refractivity contribution in [1.29, 1.82) is 0 Å². The number of H-pyrrole nitrogens is 1. The van der Waals surface area contributed by atoms with Gasteiger partial charge in [0.15, 0.2) is 17.4 Å². The molecule has 3 aromatic rings. The Labute approximate surface area is 141 Å². The van der Waals surface area contributed by atoms with Crippen LogP contribution >= 0.6 is 15.9 Å². The van der Waals surface area contributed by atoms with Gasteiger partial charge in [-0.2, -0.15) is 10.1 Å². The maximum atomic E-state index is 5.14. The van der Waals surface area contributed by atoms with Crippen LogP contribution in [0.2, 0.25) is 0 Å². The molecule has 0 amide bonds. The molecular formula is C14H16BrN7O. The molecule has 0 saturated heterocycles. The lowest BCUT2D eigenvalue weighted by atomic mass is 10.3. The minimum absolute atomic E-state index is 0.463. The van der Waals surface area contributed by atoms with Crippen molar-refractivity contribution in [3.05, 3.63) is 40.0 Å². The number of anilines is 3. The monoisotopic (exact) mass is 377 g/mol. The highest BCUT2D eigenvalue weighted by Crippen LogP contribution is 2.23. The van der Waals surface area contributed by atoms with Crippen LogP contribution in [0, 0.1) is 6.92 Å². The summed E-state index contributed by atoms with van der Waals surface area (Å²) in [6, 6.07) is 3.81. The predicted molar refractivity (Wildman–Crippen MR) is 89.5 cm³/mol. The van der Waals surface area contributed by atoms with E-state index in [1.807, 2.05) is 19.1 Å². The molecular weight excluding hydrogens is 362 g/mol. The number of nitrogens with one attached hydrogen (secondary N) is 3. The maximum Gasteiger partial charge on any atom is 0.225 e. The zero-order valence-electron chi connectivity index (χ0n) is 12.7. The quantitative estimate of drug-likeness (QED) is 0.605. The van der Waals surface area contributed by atoms with E-state index in [2.05, 4.69) is 58.8 Å². The van der Waals surface area contributed by atoms with Gasteiger partial charge in [0, 0.05) is 24.0 Å². The van der Waals surface area contributed by atoms with Gasteiger partial charge in [0.1, 0.15) is 0 Å². The summed E-state index contributed by atoms with van der Waals surface area (Å²) in [5, 5.41) is 17.2. The van der Waals surface area contributed by atoms with Gasteiger partial charge in [0.25, 0.3) is 0 Å². The van der Waals surface area contributed by atoms with Crippen molar-refractivity contribution in [3.8, 4) is 0 Å². The highest BCUT2D eigenvalue weighted by molar-refractivity contribution is 9.10. The predicted octanol–water partition coefficient (Wildman–Crippen LogP) is 3.18. The fraction of sp³-hybridized carbons (Fsp3) is 0.286. The second-order valence-corrected chi connectivity index (χ2v) is 5.79. The molecule has 120 valence electrons. The van der Waals surface area contributed by atoms with Crippen LogP contribution in [-0.2, 0) is 13.0 Å². The molecule has 0 aliphatic carbocycles. The topological polar surface area (TPSA) is 105 Å². The van der Waals surface area contributed by atoms with Crippen molar-refractivity contribution in [3.63, 3.8) is 0 Å². The van der Waals surface area contributed by atoms with Gasteiger partial charge in [-0.1, -0.05) is 12.1 Å². The number of nitrogens with zero attached hydrogens (tertiary/aromatic N) is 4. The second kappa shape index (κ2) is 6.78. The standard InChI is InChI=1S/C14H16BrN7O/c1-3-9-5-12(21-20-9)18-13-11(15)7-17-14(19-13)16-6-10-4-8(2)22-23-10/h4-5,7H,3,6H2,1-2H3,(H3,16,17,18,19,20,21). The summed E-state index contributed by atoms with van der Waals surface area (Å²) in [6.45, 7) is 4.40. The fourth-order valence-corrected chi connectivity index (χ4v) is 2.22. The molecule has 3 heterocycles. The van der Waals surface area contributed by atoms with Gasteiger partial charge in [-0.25, -0.2) is 4.98 Å². The highest BCUT2D eigenvalue weighted by Gasteiger charge is 2.08. The van der Waals surface area contributed by atoms with E-state index >= 15 is 0 Å². The molecule has 3 aromatic heterocycles. The van der Waals surface area contributed by atoms with E-state index < -0.39 is 0 Å². The van der Waals surface area contributed by atoms with Gasteiger partial charge in [-0.15, -0.1) is 0 Å². The second-order valence-electron chi connectivity index (χ2n) is 4.94. The number of hydrogen-bond donors (Lipinski definition) is 3. The van der Waals surface area contributed by atoms with Gasteiger partial charge in [-0.3, -0.25) is 5.10 Å². The van der Waals surface area contributed by atoms with Crippen LogP contribution in [0.15, 0.2) is 27.3 Å². The van der Waals surface area contributed by atoms with Crippen molar-refractivity contribution in [2.45, 2.75) is 26.8 Å². The Kier molecular flexibility index (Phi) is 4.56. The number of aromatic amines is 1. The number of rotatable bonds is 6. The molecule has 0 spiro atoms. The molecule has 0 fully saturated rings. The van der Waals surface area contributed by atoms with Crippen LogP contribution in [0.5, 0.6) is 0 Å². The Bertz CT molecular complexity index is 798. The molecule has 9 heteroatoms. The molecule has 8 nitrogen and oxygen atoms in total. The van der Waals surface area contributed by atoms with Crippen LogP contribution in [0.1, 0.15) is 24.1 Å². The van der Waals surface area contributed by atoms with Crippen LogP contribution in [-0.4, -0.2) is 25.3 Å². The Hall–Kier alpha value is -2.42. The molecule has 0 bridgehead atoms. The number of aryl methyl sites for hydroxylation is 2. The van der Waals surface area contributed by atoms with Crippen molar-refractivity contribution < 1.29 is 4.52 Å². The first-order valence-corrected chi connectivity index (χ1v) is 7.93. The molecule has 0 aliphatic heterocycles. The zero-order chi connectivity index (χ0) is 16.2. The molecule has 0 unspecified atom stereocenters. The van der Waals surface area contributed by atoms with Crippen molar-refractivity contribution in [1.82, 2.24) is 25.3 Å². The average Bonchev–Trinajstić information content (AvgIpc) is 3.17. The average molecular weight is 378 g/mol. The SMILES string of the molecule is CCc1cc(Nc2nc(NCc3cc(C)no3)ncc2Br)n[nH]1. The summed E-state index contributed by atoms with van der Waals surface area (Å²) in [5.74, 6) is 2.54. The molecule has 0 atom stereocenters. The van der Waals surface area contributed by atoms with Gasteiger partial charge in [0.05, 0.1) is 16.7 Å². The number of halogens is 1. The van der Waals surface area contributed by atoms with E-state index in [1.54, 1.807) is 6.20 Å². The normalized spacial score (nSPS) is 10.7. The zero-order valence-corrected chi connectivity index (χ0v) is 14.3. The Morgan fingerprint density at radius 2 is 2.22 bits per heavy atom. The first-order chi connectivity index (χ1) is 11.1. The largest absolute Gasteiger partial charge is 0.359 e. The van der Waals surface area contributed by atoms with E-state index in [-0.39, 0.29) is 0 Å². The molecule has 0 aliphatic rings. The smallest absolute Gasteiger partial charge is 0.225 e. The summed E-state index contributed by atoms with van der Waals surface area (Å²) in [5.41, 5.74) is 1.89. The van der Waals surface area contributed by atoms with Crippen LogP contribution in [0.4, 0.5) is 17.6 Å². The summed E-state index contributed by atoms with van der Waals surface area (Å²) >= 11 is 3.43. The van der Waals surface area contributed by atoms with Crippen molar-refractivity contribution >= 4 is 33.5 Å². The van der Waals surface area contributed by atoms with Gasteiger partial charge in [-0.05, 0) is 29.3 Å². The molecule has 0 aromatic carbocycles. The summed E-state index contributed by atoms with van der Waals surface area (Å²) in [7, 11) is 0. The van der Waals surface area contributed by atoms with Crippen molar-refractivity contribution in [2.75, 3.05) is 10.6 Å². The minimum Gasteiger partial charge on any atom is -0.359 e. The first-order valence-electron chi connectivity index (χ1n) is 7.14. The molecule has 0 saturated carbocycles. The molecule has 3 rings (SSSR count). The third-order valence-electron chi connectivity index (χ3n) is 3.10. The van der Waals surface area contributed by atoms with Crippen LogP contribution in [0.25, 0.3) is 0 Å². The Morgan fingerprint density at radius 3 is 2.91 bits per heavy atom. The number of hydrogen-bond acceptors (Lipinski definition) is 7. The summed E-state index contributed by atoms with van der Waals surface area (Å²) < 4.78 is 5.89. The molecule has 0 radical (unpaired) electrons. The van der Waals surface area contributed by atoms with Gasteiger partial charge < -0.3 is 15.2 Å². The Morgan fingerprint density at radius 1 is 1.35 bits per heavy atom. The summed E-state index contributed by atoms with van der Waals surface area (Å²) in [6.07, 6.45) is 2.57. The lowest BCUT2D eigenvalue weighted by molar-refractivity contribution is 0.384. The van der Waals surface area contributed by atoms with Crippen LogP contribution < -0.4 is 10.6 Å². The number of aromatic nitrogens is 5. The van der Waals surface area contributed by atoms with E-state index in [0.717, 1.165) is 28.0 Å². The molecule has 3 N–H and O–H groups in total. The van der Waals surface area contributed by atoms with Gasteiger partial charge in [0.2, 0.25) is 5.95 Å². The minimum atomic E-state index is 0.463. The lowest BCUT2D eigenvalue weighted by Crippen LogP contribution is -2.05. The summed E-state index contributed by atoms with van der Waals surface area (Å²) in [4.78, 5) is 8.65. The van der Waals surface area contributed by atoms with E-state index in [1.165, 1.54) is 0 Å². The highest BCUT2D eigenvalue weighted by atomic mass is 79.9. The van der Waals surface area contributed by atoms with Crippen molar-refractivity contribution in [2.24, 2.45) is 0 Å². The lowest BCUT2D eigenvalue weighted by Gasteiger charge is -2.07. The third kappa shape index (κ3) is 3.86. The van der Waals surface area contributed by atoms with E-state index in [0.29, 0.717) is 24.1 Å². The maximum absolute atomic E-state index is 5.14. The third-order valence-corrected chi connectivity index (χ3v) is 3.68.